The molecule has 4 rings (SSSR count). The summed E-state index contributed by atoms with van der Waals surface area (Å²) in [5, 5.41) is 0.720. The summed E-state index contributed by atoms with van der Waals surface area (Å²) in [6.45, 7) is 1.87. The third-order valence-electron chi connectivity index (χ3n) is 3.68. The first-order valence-electron chi connectivity index (χ1n) is 6.93. The monoisotopic (exact) mass is 529 g/mol. The Kier molecular flexibility index (Phi) is 5.98. The predicted octanol–water partition coefficient (Wildman–Crippen LogP) is 9.38. The van der Waals surface area contributed by atoms with Crippen LogP contribution < -0.4 is 18.1 Å². The van der Waals surface area contributed by atoms with Crippen molar-refractivity contribution in [3.63, 3.8) is 0 Å². The van der Waals surface area contributed by atoms with Crippen molar-refractivity contribution in [2.75, 3.05) is 0 Å². The molecular weight excluding hydrogens is 523 g/mol. The van der Waals surface area contributed by atoms with Gasteiger partial charge in [-0.3, -0.25) is 0 Å². The molecule has 0 unspecified atom stereocenters. The maximum Gasteiger partial charge on any atom is 0.767 e. The molecule has 2 aliphatic rings. The van der Waals surface area contributed by atoms with Crippen LogP contribution in [0.3, 0.4) is 0 Å². The van der Waals surface area contributed by atoms with Crippen molar-refractivity contribution >= 4 is 89.4 Å². The molecule has 0 saturated carbocycles. The average molecular weight is 532 g/mol. The van der Waals surface area contributed by atoms with Crippen LogP contribution in [-0.4, -0.2) is 0 Å². The van der Waals surface area contributed by atoms with Crippen molar-refractivity contribution in [2.45, 2.75) is 20.8 Å². The van der Waals surface area contributed by atoms with Crippen LogP contribution in [0.4, 0.5) is 0 Å². The minimum atomic E-state index is -3.47. The molecule has 2 aromatic rings. The van der Waals surface area contributed by atoms with E-state index >= 15 is 0 Å². The fraction of sp³-hybridized carbons (Fsp3) is 0.200. The Morgan fingerprint density at radius 3 is 1.26 bits per heavy atom. The van der Waals surface area contributed by atoms with Gasteiger partial charge in [0.25, 0.3) is 23.0 Å². The van der Waals surface area contributed by atoms with Crippen LogP contribution in [-0.2, 0) is 6.42 Å². The molecule has 0 atom stereocenters. The maximum atomic E-state index is 6.38. The van der Waals surface area contributed by atoms with Gasteiger partial charge in [-0.2, -0.15) is 0 Å². The lowest BCUT2D eigenvalue weighted by molar-refractivity contribution is 0.333. The second kappa shape index (κ2) is 7.41. The van der Waals surface area contributed by atoms with Gasteiger partial charge >= 0.3 is 8.17 Å². The molecule has 0 saturated heterocycles. The van der Waals surface area contributed by atoms with Crippen molar-refractivity contribution in [1.82, 2.24) is 0 Å². The zero-order valence-electron chi connectivity index (χ0n) is 12.4. The average Bonchev–Trinajstić information content (AvgIpc) is 3.18. The Morgan fingerprint density at radius 2 is 0.889 bits per heavy atom. The molecular formula is C15H9Cl7O4P+. The summed E-state index contributed by atoms with van der Waals surface area (Å²) in [5.74, 6) is 0.399. The predicted molar refractivity (Wildman–Crippen MR) is 113 cm³/mol. The smallest absolute Gasteiger partial charge is 0.235 e. The lowest BCUT2D eigenvalue weighted by Gasteiger charge is -2.06. The van der Waals surface area contributed by atoms with E-state index in [-0.39, 0.29) is 65.6 Å². The first-order valence-corrected chi connectivity index (χ1v) is 11.0. The maximum absolute atomic E-state index is 6.38. The van der Waals surface area contributed by atoms with Crippen LogP contribution in [0.2, 0.25) is 35.2 Å². The van der Waals surface area contributed by atoms with Gasteiger partial charge in [-0.05, 0) is 12.0 Å². The summed E-state index contributed by atoms with van der Waals surface area (Å²) < 4.78 is 23.0. The number of hydrogen-bond acceptors (Lipinski definition) is 4. The Labute approximate surface area is 191 Å². The minimum Gasteiger partial charge on any atom is -0.235 e. The van der Waals surface area contributed by atoms with Crippen molar-refractivity contribution in [1.29, 1.82) is 0 Å². The van der Waals surface area contributed by atoms with Gasteiger partial charge in [-0.1, -0.05) is 95.6 Å². The highest BCUT2D eigenvalue weighted by Crippen LogP contribution is 2.77. The highest BCUT2D eigenvalue weighted by molar-refractivity contribution is 7.58. The second-order valence-electron chi connectivity index (χ2n) is 5.16. The van der Waals surface area contributed by atoms with E-state index in [0.29, 0.717) is 12.0 Å². The third-order valence-corrected chi connectivity index (χ3v) is 8.34. The fourth-order valence-electron chi connectivity index (χ4n) is 2.45. The van der Waals surface area contributed by atoms with Gasteiger partial charge in [0.2, 0.25) is 0 Å². The summed E-state index contributed by atoms with van der Waals surface area (Å²) in [6, 6.07) is 0. The van der Waals surface area contributed by atoms with E-state index in [1.807, 2.05) is 6.92 Å². The summed E-state index contributed by atoms with van der Waals surface area (Å²) in [5.41, 5.74) is 0.611. The third kappa shape index (κ3) is 3.08. The molecule has 0 amide bonds. The Hall–Kier alpha value is 0.1000. The largest absolute Gasteiger partial charge is 0.767 e. The fourth-order valence-corrected chi connectivity index (χ4v) is 6.33. The highest BCUT2D eigenvalue weighted by atomic mass is 35.5. The Morgan fingerprint density at radius 1 is 0.556 bits per heavy atom. The molecule has 0 aliphatic carbocycles. The molecule has 0 N–H and O–H groups in total. The van der Waals surface area contributed by atoms with Gasteiger partial charge in [0.05, 0.1) is 20.1 Å². The van der Waals surface area contributed by atoms with Crippen molar-refractivity contribution < 1.29 is 18.1 Å². The van der Waals surface area contributed by atoms with E-state index in [1.54, 1.807) is 0 Å². The zero-order chi connectivity index (χ0) is 19.0. The highest BCUT2D eigenvalue weighted by Gasteiger charge is 2.69. The van der Waals surface area contributed by atoms with Crippen LogP contribution in [0.1, 0.15) is 19.9 Å². The minimum absolute atomic E-state index is 0. The van der Waals surface area contributed by atoms with Crippen LogP contribution in [0.5, 0.6) is 23.0 Å². The molecule has 1 spiro atoms. The van der Waals surface area contributed by atoms with Crippen LogP contribution in [0, 0.1) is 0 Å². The van der Waals surface area contributed by atoms with E-state index in [1.165, 1.54) is 0 Å². The quantitative estimate of drug-likeness (QED) is 0.208. The van der Waals surface area contributed by atoms with Gasteiger partial charge in [0, 0.05) is 0 Å². The molecule has 146 valence electrons. The first kappa shape index (κ1) is 21.8. The standard InChI is InChI=1S/C14H5Cl7O4P.CH4/c1-2-3-4(15)8(19)12-11(5(3)16)22-26(23-12)24-13-9(20)6(17)7(18)10(21)14(13)25-26;/h2H2,1H3;1H4/q+1;. The molecule has 0 bridgehead atoms. The van der Waals surface area contributed by atoms with Crippen molar-refractivity contribution in [3.8, 4) is 23.0 Å². The van der Waals surface area contributed by atoms with Gasteiger partial charge in [0.15, 0.2) is 0 Å². The molecule has 0 aromatic heterocycles. The van der Waals surface area contributed by atoms with Crippen molar-refractivity contribution in [3.05, 3.63) is 40.7 Å². The number of rotatable bonds is 1. The SMILES string of the molecule is C.CCc1c(Cl)c(Cl)c2c(c1Cl)O[P+]1(Oc3c(Cl)c(Cl)c(Cl)c(Cl)c3O1)O2. The summed E-state index contributed by atoms with van der Waals surface area (Å²) >= 11 is 43.4. The van der Waals surface area contributed by atoms with E-state index < -0.39 is 8.17 Å². The van der Waals surface area contributed by atoms with Gasteiger partial charge in [-0.15, -0.1) is 0 Å². The number of benzene rings is 2. The normalized spacial score (nSPS) is 15.3. The van der Waals surface area contributed by atoms with Gasteiger partial charge in [-0.25, -0.2) is 18.1 Å². The van der Waals surface area contributed by atoms with E-state index in [4.69, 9.17) is 99.3 Å². The van der Waals surface area contributed by atoms with Gasteiger partial charge in [0.1, 0.15) is 15.1 Å². The van der Waals surface area contributed by atoms with E-state index in [0.717, 1.165) is 0 Å². The molecule has 2 aliphatic heterocycles. The molecule has 0 radical (unpaired) electrons. The van der Waals surface area contributed by atoms with Crippen LogP contribution in [0.15, 0.2) is 0 Å². The van der Waals surface area contributed by atoms with Gasteiger partial charge < -0.3 is 0 Å². The van der Waals surface area contributed by atoms with Crippen LogP contribution in [0.25, 0.3) is 0 Å². The zero-order valence-corrected chi connectivity index (χ0v) is 18.6. The van der Waals surface area contributed by atoms with Crippen molar-refractivity contribution in [2.24, 2.45) is 0 Å². The Bertz CT molecular complexity index is 945. The summed E-state index contributed by atoms with van der Waals surface area (Å²) in [6.07, 6.45) is 0.532. The lowest BCUT2D eigenvalue weighted by Crippen LogP contribution is -2.10. The lowest BCUT2D eigenvalue weighted by atomic mass is 10.1. The number of fused-ring (bicyclic) bond motifs is 2. The molecule has 0 fully saturated rings. The second-order valence-corrected chi connectivity index (χ2v) is 9.43. The number of hydrogen-bond donors (Lipinski definition) is 0. The van der Waals surface area contributed by atoms with E-state index in [2.05, 4.69) is 0 Å². The topological polar surface area (TPSA) is 36.9 Å². The first-order chi connectivity index (χ1) is 12.2. The molecule has 27 heavy (non-hydrogen) atoms. The molecule has 2 heterocycles. The summed E-state index contributed by atoms with van der Waals surface area (Å²) in [4.78, 5) is 0. The number of halogens is 7. The van der Waals surface area contributed by atoms with Crippen LogP contribution >= 0.6 is 89.4 Å². The molecule has 12 heteroatoms. The molecule has 4 nitrogen and oxygen atoms in total. The summed E-state index contributed by atoms with van der Waals surface area (Å²) in [7, 11) is -3.47. The molecule has 2 aromatic carbocycles. The van der Waals surface area contributed by atoms with E-state index in [9.17, 15) is 0 Å². The Balaban J connectivity index is 0.00000210.